The number of carbonyl (C=O) groups excluding carboxylic acids is 2. The minimum absolute atomic E-state index is 0.00578. The van der Waals surface area contributed by atoms with Crippen molar-refractivity contribution in [3.05, 3.63) is 99.4 Å². The summed E-state index contributed by atoms with van der Waals surface area (Å²) < 4.78 is 105. The molecule has 0 aromatic heterocycles. The van der Waals surface area contributed by atoms with Crippen LogP contribution in [0.15, 0.2) is 79.9 Å². The van der Waals surface area contributed by atoms with Crippen LogP contribution in [0, 0.1) is 52.4 Å². The number of nitrogens with one attached hydrogen (secondary N) is 4. The van der Waals surface area contributed by atoms with Gasteiger partial charge in [0.25, 0.3) is 21.4 Å². The number of aryl methyl sites for hydroxylation is 4. The number of fused-ring (bicyclic) bond motifs is 2. The van der Waals surface area contributed by atoms with Crippen molar-refractivity contribution in [2.75, 3.05) is 20.3 Å². The van der Waals surface area contributed by atoms with Crippen LogP contribution in [0.5, 0.6) is 0 Å². The third-order valence-electron chi connectivity index (χ3n) is 15.1. The van der Waals surface area contributed by atoms with E-state index < -0.39 is 48.4 Å². The lowest BCUT2D eigenvalue weighted by molar-refractivity contribution is -0.118. The second kappa shape index (κ2) is 27.6. The molecule has 0 spiro atoms. The summed E-state index contributed by atoms with van der Waals surface area (Å²) in [6, 6.07) is 14.8. The highest BCUT2D eigenvalue weighted by Crippen LogP contribution is 2.48. The molecular weight excluding hydrogens is 1120 g/mol. The fraction of sp³-hybridized carbons (Fsp3) is 0.492. The van der Waals surface area contributed by atoms with E-state index in [1.54, 1.807) is 25.1 Å². The molecule has 16 nitrogen and oxygen atoms in total. The Morgan fingerprint density at radius 1 is 0.679 bits per heavy atom. The van der Waals surface area contributed by atoms with Crippen molar-refractivity contribution < 1.29 is 44.2 Å². The Morgan fingerprint density at radius 2 is 1.23 bits per heavy atom. The second-order valence-corrected chi connectivity index (χ2v) is 29.2. The Balaban J connectivity index is 1.80. The number of hydrogen-bond donors (Lipinski definition) is 6. The lowest BCUT2D eigenvalue weighted by Crippen LogP contribution is -2.35. The van der Waals surface area contributed by atoms with Gasteiger partial charge in [0.05, 0.1) is 22.4 Å². The van der Waals surface area contributed by atoms with Crippen molar-refractivity contribution in [1.82, 2.24) is 4.72 Å². The first-order valence-electron chi connectivity index (χ1n) is 29.4. The number of sulfonamides is 1. The van der Waals surface area contributed by atoms with E-state index in [9.17, 15) is 31.3 Å². The quantitative estimate of drug-likeness (QED) is 0.0136. The van der Waals surface area contributed by atoms with Crippen LogP contribution in [-0.2, 0) is 41.0 Å². The molecule has 0 bridgehead atoms. The van der Waals surface area contributed by atoms with Crippen molar-refractivity contribution in [2.24, 2.45) is 15.8 Å². The first-order chi connectivity index (χ1) is 39.2. The minimum atomic E-state index is -4.98. The average Bonchev–Trinajstić information content (AvgIpc) is 1.41. The van der Waals surface area contributed by atoms with Crippen molar-refractivity contribution in [2.45, 2.75) is 210 Å². The van der Waals surface area contributed by atoms with Gasteiger partial charge in [-0.2, -0.15) is 8.42 Å². The van der Waals surface area contributed by atoms with Gasteiger partial charge in [-0.25, -0.2) is 22.3 Å². The molecule has 0 radical (unpaired) electrons. The molecule has 4 aromatic carbocycles. The van der Waals surface area contributed by atoms with Gasteiger partial charge in [-0.3, -0.25) is 23.0 Å². The Morgan fingerprint density at radius 3 is 1.79 bits per heavy atom. The van der Waals surface area contributed by atoms with Gasteiger partial charge in [-0.05, 0) is 131 Å². The first-order valence-corrected chi connectivity index (χ1v) is 33.4. The number of unbranched alkanes of at least 4 members (excludes halogenated alkanes) is 6. The van der Waals surface area contributed by atoms with Crippen molar-refractivity contribution in [3.8, 4) is 22.5 Å². The maximum Gasteiger partial charge on any atom is 0.295 e. The van der Waals surface area contributed by atoms with Gasteiger partial charge in [0.15, 0.2) is 0 Å². The maximum absolute atomic E-state index is 15.3. The van der Waals surface area contributed by atoms with Crippen LogP contribution in [0.25, 0.3) is 33.4 Å². The standard InChI is InChI=1S/C65H90N6O10S3/c1-17-19-21-23-27-43(7)70-83(76,77)56-34-49-54(36-51(56)67-61-40(4)32-42(6)63(46(61)10)69-58(73)38-65(14,15)16)81-53-35-50(66-60-39(3)31-41(5)62(45(60)9)68-57(72)37-64(11,12)13)52(71(82(74)75)44(8)28-24-22-20-18-2)33-48(53)59(49)47-29-25-26-30-55(47)84(78,79)80/h25-26,29-36,43-44,66,70H,17-24,27-28,37-38H2,1-16H3,(H,68,72)(H,69,73)(H,74,75)(H,78,79,80). The monoisotopic (exact) mass is 1210 g/mol. The summed E-state index contributed by atoms with van der Waals surface area (Å²) in [7, 11) is -9.47. The summed E-state index contributed by atoms with van der Waals surface area (Å²) in [5, 5.41) is 10.0. The van der Waals surface area contributed by atoms with E-state index in [0.717, 1.165) is 68.1 Å². The number of amides is 2. The predicted octanol–water partition coefficient (Wildman–Crippen LogP) is 16.0. The maximum atomic E-state index is 15.3. The SMILES string of the molecule is CCCCCCC(C)NS(=O)(=O)c1cc2c(-c3ccccc3S(=O)(=O)O)c3cc(N(C(C)CCCCCC)S(=O)O)c(Nc4c(C)cc(C)c(NC(=O)CC(C)(C)C)c4C)cc3oc-2cc1=Nc1c(C)cc(C)c(NC(=O)CC(C)(C)C)c1C. The van der Waals surface area contributed by atoms with E-state index in [0.29, 0.717) is 58.0 Å². The lowest BCUT2D eigenvalue weighted by Gasteiger charge is -2.31. The fourth-order valence-electron chi connectivity index (χ4n) is 11.1. The van der Waals surface area contributed by atoms with E-state index in [-0.39, 0.29) is 84.8 Å². The molecule has 458 valence electrons. The molecular formula is C65H90N6O10S3. The molecule has 1 aliphatic carbocycles. The molecule has 0 fully saturated rings. The van der Waals surface area contributed by atoms with Crippen LogP contribution >= 0.6 is 0 Å². The third-order valence-corrected chi connectivity index (χ3v) is 18.5. The number of rotatable bonds is 25. The zero-order chi connectivity index (χ0) is 62.4. The number of nitrogens with zero attached hydrogens (tertiary/aromatic N) is 2. The smallest absolute Gasteiger partial charge is 0.295 e. The molecule has 6 rings (SSSR count). The molecule has 1 heterocycles. The second-order valence-electron chi connectivity index (χ2n) is 25.3. The zero-order valence-corrected chi connectivity index (χ0v) is 54.6. The van der Waals surface area contributed by atoms with Crippen LogP contribution in [0.1, 0.15) is 180 Å². The van der Waals surface area contributed by atoms with Gasteiger partial charge in [0.2, 0.25) is 21.8 Å². The molecule has 4 aromatic rings. The molecule has 2 amide bonds. The highest BCUT2D eigenvalue weighted by molar-refractivity contribution is 7.89. The van der Waals surface area contributed by atoms with Crippen molar-refractivity contribution in [1.29, 1.82) is 0 Å². The Hall–Kier alpha value is -5.96. The largest absolute Gasteiger partial charge is 0.456 e. The highest BCUT2D eigenvalue weighted by atomic mass is 32.2. The third kappa shape index (κ3) is 16.7. The summed E-state index contributed by atoms with van der Waals surface area (Å²) in [4.78, 5) is 31.4. The predicted molar refractivity (Wildman–Crippen MR) is 343 cm³/mol. The van der Waals surface area contributed by atoms with Crippen LogP contribution < -0.4 is 30.3 Å². The fourth-order valence-corrected chi connectivity index (χ4v) is 14.0. The molecule has 3 unspecified atom stereocenters. The van der Waals surface area contributed by atoms with Gasteiger partial charge in [0, 0.05) is 76.2 Å². The summed E-state index contributed by atoms with van der Waals surface area (Å²) in [6.45, 7) is 31.0. The molecule has 84 heavy (non-hydrogen) atoms. The topological polar surface area (TPSA) is 237 Å². The number of carbonyl (C=O) groups is 2. The number of benzene rings is 5. The Labute approximate surface area is 502 Å². The number of hydrogen-bond acceptors (Lipinski definition) is 10. The summed E-state index contributed by atoms with van der Waals surface area (Å²) in [5.74, 6) is -0.283. The van der Waals surface area contributed by atoms with Crippen LogP contribution in [0.3, 0.4) is 0 Å². The summed E-state index contributed by atoms with van der Waals surface area (Å²) in [6.07, 6.45) is 8.90. The first kappa shape index (κ1) is 67.2. The van der Waals surface area contributed by atoms with Crippen LogP contribution in [-0.4, -0.2) is 54.0 Å². The molecule has 1 aliphatic heterocycles. The Kier molecular flexibility index (Phi) is 22.1. The Bertz CT molecular complexity index is 3710. The molecule has 3 atom stereocenters. The number of anilines is 5. The van der Waals surface area contributed by atoms with Crippen LogP contribution in [0.2, 0.25) is 0 Å². The average molecular weight is 1210 g/mol. The van der Waals surface area contributed by atoms with E-state index in [4.69, 9.17) is 9.41 Å². The molecule has 0 saturated heterocycles. The van der Waals surface area contributed by atoms with Crippen LogP contribution in [0.4, 0.5) is 34.1 Å². The van der Waals surface area contributed by atoms with Crippen molar-refractivity contribution >= 4 is 88.3 Å². The van der Waals surface area contributed by atoms with Gasteiger partial charge >= 0.3 is 0 Å². The lowest BCUT2D eigenvalue weighted by atomic mass is 9.91. The van der Waals surface area contributed by atoms with Gasteiger partial charge in [0.1, 0.15) is 21.1 Å². The molecule has 0 saturated carbocycles. The van der Waals surface area contributed by atoms with E-state index >= 15 is 8.42 Å². The normalized spacial score (nSPS) is 13.8. The molecule has 2 aliphatic rings. The van der Waals surface area contributed by atoms with Gasteiger partial charge in [-0.15, -0.1) is 0 Å². The van der Waals surface area contributed by atoms with E-state index in [1.807, 2.05) is 102 Å². The zero-order valence-electron chi connectivity index (χ0n) is 52.2. The summed E-state index contributed by atoms with van der Waals surface area (Å²) >= 11 is -2.65. The molecule has 6 N–H and O–H groups in total. The van der Waals surface area contributed by atoms with Gasteiger partial charge in [-0.1, -0.05) is 137 Å². The summed E-state index contributed by atoms with van der Waals surface area (Å²) in [5.41, 5.74) is 6.91. The van der Waals surface area contributed by atoms with Crippen molar-refractivity contribution in [3.63, 3.8) is 0 Å². The molecule has 19 heteroatoms. The minimum Gasteiger partial charge on any atom is -0.456 e. The van der Waals surface area contributed by atoms with Gasteiger partial charge < -0.3 is 20.4 Å². The van der Waals surface area contributed by atoms with E-state index in [2.05, 4.69) is 34.5 Å². The van der Waals surface area contributed by atoms with E-state index in [1.165, 1.54) is 34.6 Å². The highest BCUT2D eigenvalue weighted by Gasteiger charge is 2.32.